The Morgan fingerprint density at radius 1 is 1.08 bits per heavy atom. The molecule has 0 unspecified atom stereocenters. The number of fused-ring (bicyclic) bond motifs is 1. The summed E-state index contributed by atoms with van der Waals surface area (Å²) in [6, 6.07) is 23.0. The third-order valence-electron chi connectivity index (χ3n) is 6.73. The molecule has 1 aliphatic rings. The number of carbonyl (C=O) groups is 2. The van der Waals surface area contributed by atoms with Crippen LogP contribution in [-0.2, 0) is 16.1 Å². The fraction of sp³-hybridized carbons (Fsp3) is 0.241. The summed E-state index contributed by atoms with van der Waals surface area (Å²) in [5.41, 5.74) is 5.34. The van der Waals surface area contributed by atoms with Crippen molar-refractivity contribution in [1.29, 1.82) is 0 Å². The van der Waals surface area contributed by atoms with Crippen molar-refractivity contribution in [3.63, 3.8) is 0 Å². The van der Waals surface area contributed by atoms with Gasteiger partial charge in [-0.1, -0.05) is 71.8 Å². The Labute approximate surface area is 215 Å². The van der Waals surface area contributed by atoms with Gasteiger partial charge in [0.25, 0.3) is 5.91 Å². The Kier molecular flexibility index (Phi) is 6.81. The average Bonchev–Trinajstić information content (AvgIpc) is 3.45. The first kappa shape index (κ1) is 24.1. The summed E-state index contributed by atoms with van der Waals surface area (Å²) in [6.07, 6.45) is 0.483. The number of nitrogens with one attached hydrogen (secondary N) is 2. The molecule has 5 rings (SSSR count). The van der Waals surface area contributed by atoms with Crippen molar-refractivity contribution in [3.05, 3.63) is 94.6 Å². The number of nitrogens with zero attached hydrogens (tertiary/aromatic N) is 1. The number of rotatable bonds is 6. The fourth-order valence-corrected chi connectivity index (χ4v) is 5.28. The molecule has 0 bridgehead atoms. The molecule has 3 aromatic carbocycles. The molecule has 7 heteroatoms. The van der Waals surface area contributed by atoms with Crippen molar-refractivity contribution in [1.82, 2.24) is 15.2 Å². The molecule has 1 aliphatic heterocycles. The molecule has 0 spiro atoms. The highest BCUT2D eigenvalue weighted by molar-refractivity contribution is 6.31. The molecule has 1 saturated heterocycles. The molecule has 0 radical (unpaired) electrons. The molecule has 1 aromatic heterocycles. The molecule has 36 heavy (non-hydrogen) atoms. The van der Waals surface area contributed by atoms with Gasteiger partial charge in [0.15, 0.2) is 0 Å². The number of likely N-dealkylation sites (tertiary alicyclic amines) is 1. The normalized spacial score (nSPS) is 17.9. The number of aromatic nitrogens is 1. The van der Waals surface area contributed by atoms with Gasteiger partial charge in [-0.2, -0.15) is 0 Å². The van der Waals surface area contributed by atoms with Gasteiger partial charge >= 0.3 is 5.97 Å². The second-order valence-corrected chi connectivity index (χ2v) is 9.73. The van der Waals surface area contributed by atoms with Crippen LogP contribution in [-0.4, -0.2) is 47.5 Å². The number of aromatic amines is 1. The third-order valence-corrected chi connectivity index (χ3v) is 6.97. The topological polar surface area (TPSA) is 74.4 Å². The molecule has 0 saturated carbocycles. The molecule has 2 heterocycles. The zero-order valence-corrected chi connectivity index (χ0v) is 21.0. The van der Waals surface area contributed by atoms with Crippen LogP contribution in [0.5, 0.6) is 0 Å². The predicted molar refractivity (Wildman–Crippen MR) is 142 cm³/mol. The van der Waals surface area contributed by atoms with Crippen LogP contribution in [0.4, 0.5) is 0 Å². The molecule has 1 amide bonds. The first-order valence-corrected chi connectivity index (χ1v) is 12.4. The molecule has 6 nitrogen and oxygen atoms in total. The van der Waals surface area contributed by atoms with Crippen molar-refractivity contribution in [2.45, 2.75) is 32.0 Å². The summed E-state index contributed by atoms with van der Waals surface area (Å²) in [5, 5.41) is 4.66. The second-order valence-electron chi connectivity index (χ2n) is 9.29. The van der Waals surface area contributed by atoms with E-state index in [0.717, 1.165) is 27.6 Å². The summed E-state index contributed by atoms with van der Waals surface area (Å²) >= 11 is 6.29. The third kappa shape index (κ3) is 4.87. The lowest BCUT2D eigenvalue weighted by Gasteiger charge is -2.22. The quantitative estimate of drug-likeness (QED) is 0.350. The van der Waals surface area contributed by atoms with E-state index in [2.05, 4.69) is 27.3 Å². The number of hydrogen-bond acceptors (Lipinski definition) is 4. The molecule has 184 valence electrons. The van der Waals surface area contributed by atoms with Crippen LogP contribution in [0.15, 0.2) is 72.8 Å². The van der Waals surface area contributed by atoms with Crippen LogP contribution in [0.1, 0.15) is 28.0 Å². The summed E-state index contributed by atoms with van der Waals surface area (Å²) in [6.45, 7) is 3.20. The van der Waals surface area contributed by atoms with E-state index in [0.29, 0.717) is 30.2 Å². The Balaban J connectivity index is 1.42. The van der Waals surface area contributed by atoms with Gasteiger partial charge in [0.05, 0.1) is 7.11 Å². The van der Waals surface area contributed by atoms with Gasteiger partial charge in [-0.05, 0) is 42.7 Å². The Bertz CT molecular complexity index is 1420. The molecular formula is C29H28ClN3O3. The number of halogens is 1. The van der Waals surface area contributed by atoms with E-state index in [4.69, 9.17) is 16.3 Å². The molecule has 1 fully saturated rings. The first-order valence-electron chi connectivity index (χ1n) is 12.0. The lowest BCUT2D eigenvalue weighted by atomic mass is 10.0. The summed E-state index contributed by atoms with van der Waals surface area (Å²) in [4.78, 5) is 31.5. The van der Waals surface area contributed by atoms with E-state index in [1.165, 1.54) is 12.7 Å². The Hall–Kier alpha value is -3.61. The van der Waals surface area contributed by atoms with E-state index < -0.39 is 6.04 Å². The number of H-pyrrole nitrogens is 1. The minimum atomic E-state index is -0.420. The minimum Gasteiger partial charge on any atom is -0.468 e. The SMILES string of the molecule is COC(=O)[C@@H]1C[C@@H](NC(=O)c2[nH]c3ccc(Cl)cc3c2-c2ccccc2)CN1Cc1cccc(C)c1. The minimum absolute atomic E-state index is 0.204. The summed E-state index contributed by atoms with van der Waals surface area (Å²) < 4.78 is 5.08. The van der Waals surface area contributed by atoms with E-state index in [-0.39, 0.29) is 17.9 Å². The van der Waals surface area contributed by atoms with Gasteiger partial charge in [0.2, 0.25) is 0 Å². The van der Waals surface area contributed by atoms with Crippen LogP contribution >= 0.6 is 11.6 Å². The number of amides is 1. The first-order chi connectivity index (χ1) is 17.4. The van der Waals surface area contributed by atoms with Crippen LogP contribution in [0.2, 0.25) is 5.02 Å². The van der Waals surface area contributed by atoms with E-state index in [1.807, 2.05) is 61.5 Å². The Morgan fingerprint density at radius 3 is 2.64 bits per heavy atom. The number of carbonyl (C=O) groups excluding carboxylic acids is 2. The summed E-state index contributed by atoms with van der Waals surface area (Å²) in [5.74, 6) is -0.503. The van der Waals surface area contributed by atoms with Crippen molar-refractivity contribution in [2.24, 2.45) is 0 Å². The van der Waals surface area contributed by atoms with Gasteiger partial charge in [-0.15, -0.1) is 0 Å². The fourth-order valence-electron chi connectivity index (χ4n) is 5.11. The highest BCUT2D eigenvalue weighted by atomic mass is 35.5. The average molecular weight is 502 g/mol. The van der Waals surface area contributed by atoms with Crippen LogP contribution in [0.25, 0.3) is 22.0 Å². The zero-order chi connectivity index (χ0) is 25.2. The van der Waals surface area contributed by atoms with Gasteiger partial charge in [-0.25, -0.2) is 0 Å². The van der Waals surface area contributed by atoms with Crippen molar-refractivity contribution >= 4 is 34.4 Å². The van der Waals surface area contributed by atoms with Crippen LogP contribution in [0, 0.1) is 6.92 Å². The van der Waals surface area contributed by atoms with Gasteiger partial charge in [0.1, 0.15) is 11.7 Å². The van der Waals surface area contributed by atoms with E-state index in [9.17, 15) is 9.59 Å². The van der Waals surface area contributed by atoms with E-state index >= 15 is 0 Å². The van der Waals surface area contributed by atoms with Crippen LogP contribution in [0.3, 0.4) is 0 Å². The molecular weight excluding hydrogens is 474 g/mol. The maximum atomic E-state index is 13.6. The largest absolute Gasteiger partial charge is 0.468 e. The lowest BCUT2D eigenvalue weighted by molar-refractivity contribution is -0.146. The van der Waals surface area contributed by atoms with Crippen molar-refractivity contribution in [2.75, 3.05) is 13.7 Å². The molecule has 4 aromatic rings. The number of ether oxygens (including phenoxy) is 1. The lowest BCUT2D eigenvalue weighted by Crippen LogP contribution is -2.38. The zero-order valence-electron chi connectivity index (χ0n) is 20.3. The predicted octanol–water partition coefficient (Wildman–Crippen LogP) is 5.34. The maximum absolute atomic E-state index is 13.6. The highest BCUT2D eigenvalue weighted by Crippen LogP contribution is 2.34. The number of aryl methyl sites for hydroxylation is 1. The number of esters is 1. The number of benzene rings is 3. The van der Waals surface area contributed by atoms with Crippen molar-refractivity contribution < 1.29 is 14.3 Å². The molecule has 0 aliphatic carbocycles. The van der Waals surface area contributed by atoms with Gasteiger partial charge in [-0.3, -0.25) is 14.5 Å². The molecule has 2 atom stereocenters. The van der Waals surface area contributed by atoms with E-state index in [1.54, 1.807) is 6.07 Å². The number of hydrogen-bond donors (Lipinski definition) is 2. The Morgan fingerprint density at radius 2 is 1.89 bits per heavy atom. The van der Waals surface area contributed by atoms with Crippen molar-refractivity contribution in [3.8, 4) is 11.1 Å². The smallest absolute Gasteiger partial charge is 0.323 e. The summed E-state index contributed by atoms with van der Waals surface area (Å²) in [7, 11) is 1.40. The van der Waals surface area contributed by atoms with Gasteiger partial charge in [0, 0.05) is 40.6 Å². The monoisotopic (exact) mass is 501 g/mol. The van der Waals surface area contributed by atoms with Crippen LogP contribution < -0.4 is 5.32 Å². The maximum Gasteiger partial charge on any atom is 0.323 e. The second kappa shape index (κ2) is 10.2. The standard InChI is InChI=1S/C29H28ClN3O3/c1-18-7-6-8-19(13-18)16-33-17-22(15-25(33)29(35)36-2)31-28(34)27-26(20-9-4-3-5-10-20)23-14-21(30)11-12-24(23)32-27/h3-14,22,25,32H,15-17H2,1-2H3,(H,31,34)/t22-,25+/m1/s1. The molecule has 2 N–H and O–H groups in total. The number of methoxy groups -OCH3 is 1. The van der Waals surface area contributed by atoms with Gasteiger partial charge < -0.3 is 15.0 Å². The highest BCUT2D eigenvalue weighted by Gasteiger charge is 2.38.